The van der Waals surface area contributed by atoms with E-state index in [-0.39, 0.29) is 30.5 Å². The van der Waals surface area contributed by atoms with Crippen LogP contribution in [0.5, 0.6) is 0 Å². The predicted octanol–water partition coefficient (Wildman–Crippen LogP) is 0.907. The molecule has 1 rings (SSSR count). The molecule has 102 valence electrons. The van der Waals surface area contributed by atoms with E-state index >= 15 is 0 Å². The molecule has 0 heterocycles. The van der Waals surface area contributed by atoms with Crippen molar-refractivity contribution >= 4 is 39.7 Å². The third kappa shape index (κ3) is 4.07. The first kappa shape index (κ1) is 17.1. The molecule has 0 aromatic heterocycles. The molecule has 3 N–H and O–H groups in total. The highest BCUT2D eigenvalue weighted by atomic mass is 35.5. The van der Waals surface area contributed by atoms with Crippen molar-refractivity contribution in [2.24, 2.45) is 5.73 Å². The standard InChI is InChI=1S/C8H10ClN3O4S.ClH/c9-6-1-2-7(12(13)14)8(5-6)17(15,16)11-4-3-10;/h1-2,5,11H,3-4,10H2;1H. The highest BCUT2D eigenvalue weighted by molar-refractivity contribution is 7.89. The smallest absolute Gasteiger partial charge is 0.289 e. The van der Waals surface area contributed by atoms with Gasteiger partial charge in [-0.1, -0.05) is 11.6 Å². The van der Waals surface area contributed by atoms with E-state index in [0.29, 0.717) is 0 Å². The second-order valence-electron chi connectivity index (χ2n) is 3.06. The average Bonchev–Trinajstić information content (AvgIpc) is 2.26. The zero-order chi connectivity index (χ0) is 13.1. The highest BCUT2D eigenvalue weighted by Gasteiger charge is 2.25. The number of nitrogens with zero attached hydrogens (tertiary/aromatic N) is 1. The van der Waals surface area contributed by atoms with Crippen LogP contribution in [0.4, 0.5) is 5.69 Å². The number of rotatable bonds is 5. The Hall–Kier alpha value is -0.930. The van der Waals surface area contributed by atoms with Crippen LogP contribution < -0.4 is 10.5 Å². The second kappa shape index (κ2) is 6.86. The molecule has 0 aliphatic rings. The number of nitro benzene ring substituents is 1. The van der Waals surface area contributed by atoms with E-state index in [4.69, 9.17) is 17.3 Å². The van der Waals surface area contributed by atoms with Crippen LogP contribution in [0.15, 0.2) is 23.1 Å². The Kier molecular flexibility index (Phi) is 6.50. The zero-order valence-corrected chi connectivity index (χ0v) is 11.4. The molecule has 0 atom stereocenters. The van der Waals surface area contributed by atoms with Gasteiger partial charge in [0.05, 0.1) is 4.92 Å². The van der Waals surface area contributed by atoms with Gasteiger partial charge in [-0.3, -0.25) is 10.1 Å². The summed E-state index contributed by atoms with van der Waals surface area (Å²) in [6.07, 6.45) is 0. The van der Waals surface area contributed by atoms with Gasteiger partial charge in [-0.15, -0.1) is 12.4 Å². The van der Waals surface area contributed by atoms with Gasteiger partial charge in [0.25, 0.3) is 5.69 Å². The largest absolute Gasteiger partial charge is 0.329 e. The van der Waals surface area contributed by atoms with Crippen LogP contribution in [0, 0.1) is 10.1 Å². The number of nitrogens with one attached hydrogen (secondary N) is 1. The number of nitrogens with two attached hydrogens (primary N) is 1. The second-order valence-corrected chi connectivity index (χ2v) is 5.23. The van der Waals surface area contributed by atoms with Crippen molar-refractivity contribution in [2.75, 3.05) is 13.1 Å². The van der Waals surface area contributed by atoms with Crippen molar-refractivity contribution in [1.82, 2.24) is 4.72 Å². The van der Waals surface area contributed by atoms with Crippen molar-refractivity contribution in [1.29, 1.82) is 0 Å². The molecular formula is C8H11Cl2N3O4S. The van der Waals surface area contributed by atoms with E-state index in [9.17, 15) is 18.5 Å². The first-order valence-corrected chi connectivity index (χ1v) is 6.38. The maximum atomic E-state index is 11.7. The zero-order valence-electron chi connectivity index (χ0n) is 9.00. The van der Waals surface area contributed by atoms with Crippen LogP contribution in [0.25, 0.3) is 0 Å². The molecule has 18 heavy (non-hydrogen) atoms. The van der Waals surface area contributed by atoms with Crippen molar-refractivity contribution in [3.8, 4) is 0 Å². The Balaban J connectivity index is 0.00000289. The van der Waals surface area contributed by atoms with Crippen molar-refractivity contribution in [2.45, 2.75) is 4.90 Å². The van der Waals surface area contributed by atoms with Crippen LogP contribution in [-0.2, 0) is 10.0 Å². The fourth-order valence-electron chi connectivity index (χ4n) is 1.13. The van der Waals surface area contributed by atoms with Gasteiger partial charge in [-0.25, -0.2) is 13.1 Å². The first-order valence-electron chi connectivity index (χ1n) is 4.52. The molecule has 0 radical (unpaired) electrons. The van der Waals surface area contributed by atoms with Gasteiger partial charge in [0, 0.05) is 24.2 Å². The van der Waals surface area contributed by atoms with Crippen LogP contribution in [0.2, 0.25) is 5.02 Å². The summed E-state index contributed by atoms with van der Waals surface area (Å²) in [7, 11) is -3.98. The molecule has 0 aliphatic carbocycles. The molecule has 0 unspecified atom stereocenters. The molecule has 0 bridgehead atoms. The molecule has 10 heteroatoms. The van der Waals surface area contributed by atoms with Crippen molar-refractivity contribution < 1.29 is 13.3 Å². The molecule has 0 amide bonds. The molecule has 0 aliphatic heterocycles. The fourth-order valence-corrected chi connectivity index (χ4v) is 2.60. The van der Waals surface area contributed by atoms with E-state index in [0.717, 1.165) is 12.1 Å². The van der Waals surface area contributed by atoms with E-state index in [1.165, 1.54) is 6.07 Å². The van der Waals surface area contributed by atoms with E-state index in [1.54, 1.807) is 0 Å². The fraction of sp³-hybridized carbons (Fsp3) is 0.250. The number of hydrogen-bond donors (Lipinski definition) is 2. The number of benzene rings is 1. The van der Waals surface area contributed by atoms with E-state index in [1.807, 2.05) is 0 Å². The summed E-state index contributed by atoms with van der Waals surface area (Å²) in [6.45, 7) is 0.0829. The molecule has 0 fully saturated rings. The van der Waals surface area contributed by atoms with Crippen molar-refractivity contribution in [3.05, 3.63) is 33.3 Å². The molecule has 0 saturated carbocycles. The van der Waals surface area contributed by atoms with Gasteiger partial charge in [0.1, 0.15) is 0 Å². The number of halogens is 2. The van der Waals surface area contributed by atoms with Crippen molar-refractivity contribution in [3.63, 3.8) is 0 Å². The van der Waals surface area contributed by atoms with Gasteiger partial charge >= 0.3 is 0 Å². The lowest BCUT2D eigenvalue weighted by molar-refractivity contribution is -0.387. The molecule has 1 aromatic rings. The Morgan fingerprint density at radius 1 is 1.44 bits per heavy atom. The molecular weight excluding hydrogens is 305 g/mol. The lowest BCUT2D eigenvalue weighted by Crippen LogP contribution is -2.29. The summed E-state index contributed by atoms with van der Waals surface area (Å²) in [6, 6.07) is 3.32. The SMILES string of the molecule is Cl.NCCNS(=O)(=O)c1cc(Cl)ccc1[N+](=O)[O-]. The van der Waals surface area contributed by atoms with Gasteiger partial charge in [-0.2, -0.15) is 0 Å². The maximum absolute atomic E-state index is 11.7. The number of nitro groups is 1. The summed E-state index contributed by atoms with van der Waals surface area (Å²) >= 11 is 5.62. The van der Waals surface area contributed by atoms with E-state index in [2.05, 4.69) is 4.72 Å². The summed E-state index contributed by atoms with van der Waals surface area (Å²) in [5.41, 5.74) is 4.63. The Labute approximate surface area is 115 Å². The minimum atomic E-state index is -3.98. The van der Waals surface area contributed by atoms with Gasteiger partial charge < -0.3 is 5.73 Å². The van der Waals surface area contributed by atoms with E-state index < -0.39 is 25.5 Å². The summed E-state index contributed by atoms with van der Waals surface area (Å²) in [4.78, 5) is 9.45. The van der Waals surface area contributed by atoms with Crippen LogP contribution in [-0.4, -0.2) is 26.4 Å². The molecule has 7 nitrogen and oxygen atoms in total. The van der Waals surface area contributed by atoms with Crippen LogP contribution in [0.1, 0.15) is 0 Å². The minimum absolute atomic E-state index is 0. The quantitative estimate of drug-likeness (QED) is 0.619. The number of sulfonamides is 1. The Bertz CT molecular complexity index is 535. The topological polar surface area (TPSA) is 115 Å². The lowest BCUT2D eigenvalue weighted by atomic mass is 10.3. The monoisotopic (exact) mass is 315 g/mol. The lowest BCUT2D eigenvalue weighted by Gasteiger charge is -2.06. The highest BCUT2D eigenvalue weighted by Crippen LogP contribution is 2.26. The third-order valence-electron chi connectivity index (χ3n) is 1.84. The van der Waals surface area contributed by atoms with Gasteiger partial charge in [-0.05, 0) is 12.1 Å². The summed E-state index contributed by atoms with van der Waals surface area (Å²) < 4.78 is 25.6. The third-order valence-corrected chi connectivity index (χ3v) is 3.57. The molecule has 0 saturated heterocycles. The summed E-state index contributed by atoms with van der Waals surface area (Å²) in [5.74, 6) is 0. The van der Waals surface area contributed by atoms with Crippen LogP contribution in [0.3, 0.4) is 0 Å². The molecule has 0 spiro atoms. The molecule has 1 aromatic carbocycles. The Morgan fingerprint density at radius 2 is 2.06 bits per heavy atom. The normalized spacial score (nSPS) is 10.8. The predicted molar refractivity (Wildman–Crippen MR) is 69.6 cm³/mol. The first-order chi connectivity index (χ1) is 7.88. The maximum Gasteiger partial charge on any atom is 0.289 e. The van der Waals surface area contributed by atoms with Crippen LogP contribution >= 0.6 is 24.0 Å². The van der Waals surface area contributed by atoms with Gasteiger partial charge in [0.15, 0.2) is 4.90 Å². The number of hydrogen-bond acceptors (Lipinski definition) is 5. The average molecular weight is 316 g/mol. The Morgan fingerprint density at radius 3 is 2.56 bits per heavy atom. The summed E-state index contributed by atoms with van der Waals surface area (Å²) in [5, 5.41) is 10.8. The minimum Gasteiger partial charge on any atom is -0.329 e. The van der Waals surface area contributed by atoms with Gasteiger partial charge in [0.2, 0.25) is 10.0 Å².